The Hall–Kier alpha value is -0.440. The third-order valence-corrected chi connectivity index (χ3v) is 1.40. The van der Waals surface area contributed by atoms with Crippen LogP contribution in [-0.4, -0.2) is 24.5 Å². The van der Waals surface area contributed by atoms with Crippen LogP contribution in [0.4, 0.5) is 0 Å². The molecule has 0 aromatic heterocycles. The molecule has 0 spiro atoms. The van der Waals surface area contributed by atoms with E-state index in [9.17, 15) is 4.79 Å². The number of amides is 1. The van der Waals surface area contributed by atoms with Gasteiger partial charge in [0.05, 0.1) is 0 Å². The Kier molecular flexibility index (Phi) is 5.41. The molecule has 0 aromatic rings. The van der Waals surface area contributed by atoms with Crippen LogP contribution in [0.2, 0.25) is 0 Å². The first kappa shape index (κ1) is 8.56. The second-order valence-electron chi connectivity index (χ2n) is 1.49. The van der Waals surface area contributed by atoms with Gasteiger partial charge in [-0.15, -0.1) is 0 Å². The van der Waals surface area contributed by atoms with Crippen LogP contribution in [0.3, 0.4) is 0 Å². The van der Waals surface area contributed by atoms with Gasteiger partial charge in [-0.3, -0.25) is 4.79 Å². The van der Waals surface area contributed by atoms with Crippen LogP contribution in [0.5, 0.6) is 0 Å². The average Bonchev–Trinajstić information content (AvgIpc) is 1.89. The van der Waals surface area contributed by atoms with Crippen LogP contribution in [0.15, 0.2) is 12.7 Å². The number of carbonyl (C=O) groups is 1. The molecule has 0 aromatic carbocycles. The second-order valence-corrected chi connectivity index (χ2v) is 2.47. The highest BCUT2D eigenvalue weighted by atomic mass is 32.2. The second kappa shape index (κ2) is 5.69. The SMILES string of the molecule is C=CC(=O)NCCSC. The number of hydrogen-bond acceptors (Lipinski definition) is 2. The summed E-state index contributed by atoms with van der Waals surface area (Å²) in [4.78, 5) is 10.4. The number of rotatable bonds is 4. The van der Waals surface area contributed by atoms with Crippen LogP contribution < -0.4 is 5.32 Å². The molecular weight excluding hydrogens is 134 g/mol. The molecule has 9 heavy (non-hydrogen) atoms. The van der Waals surface area contributed by atoms with Crippen LogP contribution in [0.25, 0.3) is 0 Å². The third kappa shape index (κ3) is 5.43. The minimum atomic E-state index is -0.0935. The van der Waals surface area contributed by atoms with Crippen molar-refractivity contribution in [3.8, 4) is 0 Å². The fourth-order valence-corrected chi connectivity index (χ4v) is 0.655. The molecule has 0 aliphatic heterocycles. The van der Waals surface area contributed by atoms with E-state index in [-0.39, 0.29) is 5.91 Å². The van der Waals surface area contributed by atoms with Gasteiger partial charge in [0.15, 0.2) is 0 Å². The van der Waals surface area contributed by atoms with Gasteiger partial charge in [-0.25, -0.2) is 0 Å². The fourth-order valence-electron chi connectivity index (χ4n) is 0.348. The molecule has 1 amide bonds. The van der Waals surface area contributed by atoms with Gasteiger partial charge in [0.25, 0.3) is 0 Å². The first-order valence-corrected chi connectivity index (χ1v) is 4.10. The third-order valence-electron chi connectivity index (χ3n) is 0.791. The predicted molar refractivity (Wildman–Crippen MR) is 41.6 cm³/mol. The van der Waals surface area contributed by atoms with Crippen LogP contribution >= 0.6 is 11.8 Å². The number of thioether (sulfide) groups is 1. The summed E-state index contributed by atoms with van der Waals surface area (Å²) in [5.74, 6) is 0.864. The van der Waals surface area contributed by atoms with E-state index in [0.29, 0.717) is 0 Å². The van der Waals surface area contributed by atoms with Crippen LogP contribution in [0, 0.1) is 0 Å². The number of hydrogen-bond donors (Lipinski definition) is 1. The molecule has 0 unspecified atom stereocenters. The molecule has 2 nitrogen and oxygen atoms in total. The Labute approximate surface area is 59.7 Å². The first-order chi connectivity index (χ1) is 4.31. The lowest BCUT2D eigenvalue weighted by molar-refractivity contribution is -0.116. The van der Waals surface area contributed by atoms with Crippen molar-refractivity contribution < 1.29 is 4.79 Å². The number of carbonyl (C=O) groups excluding carboxylic acids is 1. The molecule has 0 fully saturated rings. The lowest BCUT2D eigenvalue weighted by Crippen LogP contribution is -2.23. The van der Waals surface area contributed by atoms with E-state index in [4.69, 9.17) is 0 Å². The summed E-state index contributed by atoms with van der Waals surface area (Å²) in [5.41, 5.74) is 0. The Bertz CT molecular complexity index is 103. The molecule has 0 saturated heterocycles. The van der Waals surface area contributed by atoms with Crippen LogP contribution in [0.1, 0.15) is 0 Å². The zero-order valence-electron chi connectivity index (χ0n) is 5.52. The Morgan fingerprint density at radius 2 is 2.56 bits per heavy atom. The smallest absolute Gasteiger partial charge is 0.243 e. The van der Waals surface area contributed by atoms with Crippen molar-refractivity contribution in [2.45, 2.75) is 0 Å². The topological polar surface area (TPSA) is 29.1 Å². The minimum Gasteiger partial charge on any atom is -0.352 e. The van der Waals surface area contributed by atoms with Gasteiger partial charge in [0, 0.05) is 12.3 Å². The monoisotopic (exact) mass is 145 g/mol. The highest BCUT2D eigenvalue weighted by molar-refractivity contribution is 7.98. The van der Waals surface area contributed by atoms with Gasteiger partial charge in [-0.1, -0.05) is 6.58 Å². The average molecular weight is 145 g/mol. The van der Waals surface area contributed by atoms with E-state index in [1.807, 2.05) is 6.26 Å². The molecule has 0 saturated carbocycles. The summed E-state index contributed by atoms with van der Waals surface area (Å²) in [7, 11) is 0. The molecule has 0 atom stereocenters. The minimum absolute atomic E-state index is 0.0935. The maximum absolute atomic E-state index is 10.4. The molecule has 1 N–H and O–H groups in total. The maximum Gasteiger partial charge on any atom is 0.243 e. The van der Waals surface area contributed by atoms with Gasteiger partial charge in [0.1, 0.15) is 0 Å². The normalized spacial score (nSPS) is 8.56. The van der Waals surface area contributed by atoms with Crippen molar-refractivity contribution in [2.24, 2.45) is 0 Å². The standard InChI is InChI=1S/C6H11NOS/c1-3-6(8)7-4-5-9-2/h3H,1,4-5H2,2H3,(H,7,8). The Morgan fingerprint density at radius 3 is 3.00 bits per heavy atom. The predicted octanol–water partition coefficient (Wildman–Crippen LogP) is 0.652. The summed E-state index contributed by atoms with van der Waals surface area (Å²) in [5, 5.41) is 2.66. The molecule has 0 heterocycles. The summed E-state index contributed by atoms with van der Waals surface area (Å²) in [6.07, 6.45) is 3.28. The Morgan fingerprint density at radius 1 is 1.89 bits per heavy atom. The molecule has 0 bridgehead atoms. The van der Waals surface area contributed by atoms with Gasteiger partial charge < -0.3 is 5.32 Å². The lowest BCUT2D eigenvalue weighted by atomic mass is 10.6. The van der Waals surface area contributed by atoms with E-state index >= 15 is 0 Å². The molecule has 0 aliphatic carbocycles. The summed E-state index contributed by atoms with van der Waals surface area (Å²) >= 11 is 1.71. The van der Waals surface area contributed by atoms with Crippen molar-refractivity contribution in [1.29, 1.82) is 0 Å². The van der Waals surface area contributed by atoms with Gasteiger partial charge >= 0.3 is 0 Å². The molecule has 0 aliphatic rings. The van der Waals surface area contributed by atoms with Gasteiger partial charge in [0.2, 0.25) is 5.91 Å². The molecular formula is C6H11NOS. The Balaban J connectivity index is 3.07. The maximum atomic E-state index is 10.4. The molecule has 0 rings (SSSR count). The van der Waals surface area contributed by atoms with Crippen molar-refractivity contribution in [2.75, 3.05) is 18.6 Å². The van der Waals surface area contributed by atoms with E-state index in [0.717, 1.165) is 12.3 Å². The number of nitrogens with one attached hydrogen (secondary N) is 1. The van der Waals surface area contributed by atoms with Gasteiger partial charge in [-0.05, 0) is 12.3 Å². The van der Waals surface area contributed by atoms with Crippen molar-refractivity contribution in [3.63, 3.8) is 0 Å². The first-order valence-electron chi connectivity index (χ1n) is 2.70. The summed E-state index contributed by atoms with van der Waals surface area (Å²) < 4.78 is 0. The highest BCUT2D eigenvalue weighted by Crippen LogP contribution is 1.86. The van der Waals surface area contributed by atoms with Crippen molar-refractivity contribution in [3.05, 3.63) is 12.7 Å². The quantitative estimate of drug-likeness (QED) is 0.465. The van der Waals surface area contributed by atoms with Crippen molar-refractivity contribution >= 4 is 17.7 Å². The largest absolute Gasteiger partial charge is 0.352 e. The fraction of sp³-hybridized carbons (Fsp3) is 0.500. The highest BCUT2D eigenvalue weighted by Gasteiger charge is 1.89. The van der Waals surface area contributed by atoms with E-state index in [2.05, 4.69) is 11.9 Å². The lowest BCUT2D eigenvalue weighted by Gasteiger charge is -1.97. The molecule has 0 radical (unpaired) electrons. The summed E-state index contributed by atoms with van der Waals surface area (Å²) in [6.45, 7) is 4.05. The zero-order chi connectivity index (χ0) is 7.11. The van der Waals surface area contributed by atoms with Crippen LogP contribution in [-0.2, 0) is 4.79 Å². The zero-order valence-corrected chi connectivity index (χ0v) is 6.33. The van der Waals surface area contributed by atoms with Gasteiger partial charge in [-0.2, -0.15) is 11.8 Å². The van der Waals surface area contributed by atoms with E-state index < -0.39 is 0 Å². The molecule has 52 valence electrons. The van der Waals surface area contributed by atoms with Crippen molar-refractivity contribution in [1.82, 2.24) is 5.32 Å². The molecule has 3 heteroatoms. The van der Waals surface area contributed by atoms with E-state index in [1.165, 1.54) is 6.08 Å². The summed E-state index contributed by atoms with van der Waals surface area (Å²) in [6, 6.07) is 0. The van der Waals surface area contributed by atoms with E-state index in [1.54, 1.807) is 11.8 Å².